The van der Waals surface area contributed by atoms with Crippen molar-refractivity contribution in [2.45, 2.75) is 50.7 Å². The molecule has 2 aliphatic heterocycles. The number of Topliss-reactive ketones (excluding diaryl/α,β-unsaturated/α-hetero) is 1. The van der Waals surface area contributed by atoms with Crippen LogP contribution in [-0.2, 0) is 4.79 Å². The summed E-state index contributed by atoms with van der Waals surface area (Å²) >= 11 is 0. The van der Waals surface area contributed by atoms with Crippen molar-refractivity contribution in [2.75, 3.05) is 39.8 Å². The molecule has 2 heterocycles. The molecule has 2 fully saturated rings. The fourth-order valence-electron chi connectivity index (χ4n) is 6.36. The molecule has 1 amide bonds. The molecule has 0 unspecified atom stereocenters. The number of phenols is 1. The third-order valence-corrected chi connectivity index (χ3v) is 8.28. The Morgan fingerprint density at radius 1 is 1.07 bits per heavy atom. The Bertz CT molecular complexity index is 1200. The zero-order valence-electron chi connectivity index (χ0n) is 22.9. The number of hydrogen-bond donors (Lipinski definition) is 2. The molecular formula is C30H37F4N3O3. The van der Waals surface area contributed by atoms with E-state index < -0.39 is 47.5 Å². The molecule has 0 aromatic heterocycles. The summed E-state index contributed by atoms with van der Waals surface area (Å²) in [5, 5.41) is 13.0. The minimum atomic E-state index is -4.76. The van der Waals surface area contributed by atoms with Gasteiger partial charge in [0.15, 0.2) is 5.78 Å². The third-order valence-electron chi connectivity index (χ3n) is 8.28. The fraction of sp³-hybridized carbons (Fsp3) is 0.533. The number of benzene rings is 2. The van der Waals surface area contributed by atoms with Crippen molar-refractivity contribution in [3.8, 4) is 5.75 Å². The molecule has 2 N–H and O–H groups in total. The Kier molecular flexibility index (Phi) is 9.51. The number of carbonyl (C=O) groups is 2. The summed E-state index contributed by atoms with van der Waals surface area (Å²) < 4.78 is 59.9. The van der Waals surface area contributed by atoms with Crippen molar-refractivity contribution in [3.63, 3.8) is 0 Å². The van der Waals surface area contributed by atoms with Crippen molar-refractivity contribution < 1.29 is 32.3 Å². The monoisotopic (exact) mass is 563 g/mol. The van der Waals surface area contributed by atoms with Gasteiger partial charge in [0.05, 0.1) is 5.92 Å². The highest BCUT2D eigenvalue weighted by molar-refractivity contribution is 5.99. The summed E-state index contributed by atoms with van der Waals surface area (Å²) in [6.07, 6.45) is -2.31. The molecule has 0 bridgehead atoms. The van der Waals surface area contributed by atoms with Crippen molar-refractivity contribution >= 4 is 11.7 Å². The number of aromatic hydroxyl groups is 1. The molecule has 0 radical (unpaired) electrons. The van der Waals surface area contributed by atoms with E-state index in [4.69, 9.17) is 0 Å². The van der Waals surface area contributed by atoms with Gasteiger partial charge in [-0.1, -0.05) is 24.3 Å². The number of likely N-dealkylation sites (tertiary alicyclic amines) is 2. The Hall–Kier alpha value is -2.98. The van der Waals surface area contributed by atoms with Gasteiger partial charge in [-0.3, -0.25) is 14.5 Å². The van der Waals surface area contributed by atoms with Crippen LogP contribution in [0.4, 0.5) is 17.6 Å². The van der Waals surface area contributed by atoms with Gasteiger partial charge in [-0.2, -0.15) is 13.2 Å². The van der Waals surface area contributed by atoms with Gasteiger partial charge in [0.2, 0.25) is 5.91 Å². The first-order chi connectivity index (χ1) is 19.0. The molecule has 0 aliphatic carbocycles. The molecule has 2 saturated heterocycles. The van der Waals surface area contributed by atoms with E-state index >= 15 is 13.2 Å². The number of rotatable bonds is 9. The first-order valence-electron chi connectivity index (χ1n) is 13.9. The van der Waals surface area contributed by atoms with E-state index in [1.165, 1.54) is 59.2 Å². The van der Waals surface area contributed by atoms with Crippen molar-refractivity contribution in [2.24, 2.45) is 11.8 Å². The maximum atomic E-state index is 15.0. The van der Waals surface area contributed by atoms with Crippen LogP contribution < -0.4 is 5.32 Å². The standard InChI is InChI=1S/C30H37F4N3O3/c1-19-22(11-8-12-24(19)31)25-23(27(39)20-9-7-10-21(38)17-20)18-37(16-4-3-13-35-2)28(30(32,33)34)26(25)29(40)36-14-5-6-15-36/h7-12,17,23,25-26,28,35,38H,3-6,13-16,18H2,1-2H3/t23-,25+,26-,28-/m0/s1. The molecule has 10 heteroatoms. The molecule has 4 atom stereocenters. The normalized spacial score (nSPS) is 23.9. The number of ketones is 1. The van der Waals surface area contributed by atoms with E-state index in [0.29, 0.717) is 45.3 Å². The molecular weight excluding hydrogens is 526 g/mol. The minimum Gasteiger partial charge on any atom is -0.508 e. The lowest BCUT2D eigenvalue weighted by Gasteiger charge is -2.50. The Morgan fingerprint density at radius 3 is 2.42 bits per heavy atom. The summed E-state index contributed by atoms with van der Waals surface area (Å²) in [4.78, 5) is 30.8. The third kappa shape index (κ3) is 6.33. The summed E-state index contributed by atoms with van der Waals surface area (Å²) in [7, 11) is 1.76. The quantitative estimate of drug-likeness (QED) is 0.258. The van der Waals surface area contributed by atoms with Gasteiger partial charge in [-0.05, 0) is 82.1 Å². The second-order valence-electron chi connectivity index (χ2n) is 10.9. The number of unbranched alkanes of at least 4 members (excludes halogenated alkanes) is 1. The van der Waals surface area contributed by atoms with E-state index in [1.807, 2.05) is 0 Å². The highest BCUT2D eigenvalue weighted by Gasteiger charge is 2.60. The van der Waals surface area contributed by atoms with Crippen LogP contribution in [0.5, 0.6) is 5.75 Å². The van der Waals surface area contributed by atoms with E-state index in [-0.39, 0.29) is 35.5 Å². The smallest absolute Gasteiger partial charge is 0.404 e. The Morgan fingerprint density at radius 2 is 1.77 bits per heavy atom. The second kappa shape index (κ2) is 12.7. The van der Waals surface area contributed by atoms with Crippen molar-refractivity contribution in [3.05, 3.63) is 65.0 Å². The summed E-state index contributed by atoms with van der Waals surface area (Å²) in [6, 6.07) is 7.72. The maximum Gasteiger partial charge on any atom is 0.404 e. The van der Waals surface area contributed by atoms with E-state index in [0.717, 1.165) is 0 Å². The molecule has 0 saturated carbocycles. The van der Waals surface area contributed by atoms with E-state index in [2.05, 4.69) is 5.32 Å². The van der Waals surface area contributed by atoms with Gasteiger partial charge in [-0.25, -0.2) is 4.39 Å². The maximum absolute atomic E-state index is 15.0. The molecule has 6 nitrogen and oxygen atoms in total. The predicted octanol–water partition coefficient (Wildman–Crippen LogP) is 4.91. The number of hydrogen-bond acceptors (Lipinski definition) is 5. The van der Waals surface area contributed by atoms with Crippen LogP contribution in [0, 0.1) is 24.6 Å². The average Bonchev–Trinajstić information content (AvgIpc) is 3.46. The minimum absolute atomic E-state index is 0.0499. The van der Waals surface area contributed by atoms with Crippen LogP contribution in [0.3, 0.4) is 0 Å². The second-order valence-corrected chi connectivity index (χ2v) is 10.9. The Labute approximate surface area is 232 Å². The van der Waals surface area contributed by atoms with Gasteiger partial charge in [0.1, 0.15) is 17.6 Å². The fourth-order valence-corrected chi connectivity index (χ4v) is 6.36. The Balaban J connectivity index is 1.90. The molecule has 218 valence electrons. The number of phenolic OH excluding ortho intramolecular Hbond substituents is 1. The number of halogens is 4. The largest absolute Gasteiger partial charge is 0.508 e. The molecule has 2 aliphatic rings. The van der Waals surface area contributed by atoms with Crippen molar-refractivity contribution in [1.29, 1.82) is 0 Å². The number of nitrogens with zero attached hydrogens (tertiary/aromatic N) is 2. The van der Waals surface area contributed by atoms with Crippen LogP contribution in [0.2, 0.25) is 0 Å². The lowest BCUT2D eigenvalue weighted by molar-refractivity contribution is -0.214. The highest BCUT2D eigenvalue weighted by atomic mass is 19.4. The van der Waals surface area contributed by atoms with Gasteiger partial charge in [0.25, 0.3) is 0 Å². The van der Waals surface area contributed by atoms with Crippen LogP contribution in [0.1, 0.15) is 53.1 Å². The first-order valence-corrected chi connectivity index (χ1v) is 13.9. The molecule has 4 rings (SSSR count). The van der Waals surface area contributed by atoms with Crippen LogP contribution in [0.15, 0.2) is 42.5 Å². The summed E-state index contributed by atoms with van der Waals surface area (Å²) in [6.45, 7) is 2.60. The van der Waals surface area contributed by atoms with E-state index in [9.17, 15) is 19.1 Å². The van der Waals surface area contributed by atoms with Gasteiger partial charge < -0.3 is 15.3 Å². The number of amides is 1. The van der Waals surface area contributed by atoms with Crippen LogP contribution in [0.25, 0.3) is 0 Å². The van der Waals surface area contributed by atoms with Crippen LogP contribution in [-0.4, -0.2) is 78.6 Å². The average molecular weight is 564 g/mol. The lowest BCUT2D eigenvalue weighted by Crippen LogP contribution is -2.63. The highest BCUT2D eigenvalue weighted by Crippen LogP contribution is 2.49. The number of nitrogens with one attached hydrogen (secondary N) is 1. The van der Waals surface area contributed by atoms with Gasteiger partial charge >= 0.3 is 6.18 Å². The van der Waals surface area contributed by atoms with Crippen molar-refractivity contribution in [1.82, 2.24) is 15.1 Å². The topological polar surface area (TPSA) is 72.9 Å². The number of piperidine rings is 1. The number of carbonyl (C=O) groups excluding carboxylic acids is 2. The lowest BCUT2D eigenvalue weighted by atomic mass is 9.66. The predicted molar refractivity (Wildman–Crippen MR) is 144 cm³/mol. The molecule has 40 heavy (non-hydrogen) atoms. The first kappa shape index (κ1) is 30.0. The number of alkyl halides is 3. The zero-order valence-corrected chi connectivity index (χ0v) is 22.9. The SMILES string of the molecule is CNCCCCN1C[C@H](C(=O)c2cccc(O)c2)[C@@H](c2cccc(F)c2C)[C@H](C(=O)N2CCCC2)[C@H]1C(F)(F)F. The molecule has 2 aromatic carbocycles. The van der Waals surface area contributed by atoms with Gasteiger partial charge in [-0.15, -0.1) is 0 Å². The molecule has 2 aromatic rings. The summed E-state index contributed by atoms with van der Waals surface area (Å²) in [5.74, 6) is -5.80. The molecule has 0 spiro atoms. The van der Waals surface area contributed by atoms with Gasteiger partial charge in [0, 0.05) is 37.0 Å². The summed E-state index contributed by atoms with van der Waals surface area (Å²) in [5.41, 5.74) is 0.501. The zero-order chi connectivity index (χ0) is 29.0. The van der Waals surface area contributed by atoms with Crippen LogP contribution >= 0.6 is 0 Å². The van der Waals surface area contributed by atoms with E-state index in [1.54, 1.807) is 7.05 Å².